The van der Waals surface area contributed by atoms with Crippen LogP contribution in [-0.2, 0) is 19.9 Å². The standard InChI is InChI=1S/C11H21NO5S2/c13-10-3-1-2-9(6-10)7-12-19(16,17)11-4-5-18(14,15)8-11/h9-13H,1-8H2. The Labute approximate surface area is 114 Å². The zero-order valence-electron chi connectivity index (χ0n) is 10.8. The summed E-state index contributed by atoms with van der Waals surface area (Å²) in [6, 6.07) is 0. The molecule has 6 nitrogen and oxygen atoms in total. The van der Waals surface area contributed by atoms with E-state index >= 15 is 0 Å². The van der Waals surface area contributed by atoms with Crippen LogP contribution in [0.15, 0.2) is 0 Å². The van der Waals surface area contributed by atoms with Crippen LogP contribution in [0.5, 0.6) is 0 Å². The van der Waals surface area contributed by atoms with Crippen LogP contribution in [0, 0.1) is 5.92 Å². The summed E-state index contributed by atoms with van der Waals surface area (Å²) >= 11 is 0. The Morgan fingerprint density at radius 3 is 2.53 bits per heavy atom. The van der Waals surface area contributed by atoms with Crippen molar-refractivity contribution in [3.63, 3.8) is 0 Å². The van der Waals surface area contributed by atoms with Gasteiger partial charge in [0.05, 0.1) is 22.9 Å². The Morgan fingerprint density at radius 2 is 1.95 bits per heavy atom. The number of hydrogen-bond acceptors (Lipinski definition) is 5. The fourth-order valence-electron chi connectivity index (χ4n) is 2.81. The highest BCUT2D eigenvalue weighted by Crippen LogP contribution is 2.24. The molecule has 19 heavy (non-hydrogen) atoms. The van der Waals surface area contributed by atoms with Crippen molar-refractivity contribution in [3.8, 4) is 0 Å². The number of sulfone groups is 1. The van der Waals surface area contributed by atoms with Gasteiger partial charge in [-0.3, -0.25) is 0 Å². The van der Waals surface area contributed by atoms with E-state index in [-0.39, 0.29) is 29.9 Å². The Kier molecular flexibility index (Phi) is 4.54. The Hall–Kier alpha value is -0.180. The van der Waals surface area contributed by atoms with E-state index in [1.54, 1.807) is 0 Å². The lowest BCUT2D eigenvalue weighted by Gasteiger charge is -2.26. The molecule has 1 saturated heterocycles. The van der Waals surface area contributed by atoms with E-state index in [4.69, 9.17) is 0 Å². The monoisotopic (exact) mass is 311 g/mol. The van der Waals surface area contributed by atoms with Crippen LogP contribution >= 0.6 is 0 Å². The second-order valence-electron chi connectivity index (χ2n) is 5.60. The SMILES string of the molecule is O=S1(=O)CCC(S(=O)(=O)NCC2CCCC(O)C2)C1. The molecule has 2 N–H and O–H groups in total. The molecule has 8 heteroatoms. The lowest BCUT2D eigenvalue weighted by molar-refractivity contribution is 0.102. The summed E-state index contributed by atoms with van der Waals surface area (Å²) < 4.78 is 49.2. The first-order chi connectivity index (χ1) is 8.78. The third-order valence-electron chi connectivity index (χ3n) is 3.96. The zero-order chi connectivity index (χ0) is 14.1. The van der Waals surface area contributed by atoms with E-state index in [0.717, 1.165) is 19.3 Å². The first-order valence-electron chi connectivity index (χ1n) is 6.65. The molecule has 2 rings (SSSR count). The van der Waals surface area contributed by atoms with Gasteiger partial charge in [0, 0.05) is 6.54 Å². The van der Waals surface area contributed by atoms with Crippen LogP contribution in [0.4, 0.5) is 0 Å². The molecule has 1 heterocycles. The predicted molar refractivity (Wildman–Crippen MR) is 71.9 cm³/mol. The molecular weight excluding hydrogens is 290 g/mol. The van der Waals surface area contributed by atoms with Gasteiger partial charge in [-0.05, 0) is 31.6 Å². The summed E-state index contributed by atoms with van der Waals surface area (Å²) in [4.78, 5) is 0. The molecule has 1 saturated carbocycles. The summed E-state index contributed by atoms with van der Waals surface area (Å²) in [6.07, 6.45) is 3.06. The van der Waals surface area contributed by atoms with Crippen molar-refractivity contribution in [2.24, 2.45) is 5.92 Å². The summed E-state index contributed by atoms with van der Waals surface area (Å²) in [5.41, 5.74) is 0. The van der Waals surface area contributed by atoms with E-state index in [9.17, 15) is 21.9 Å². The summed E-state index contributed by atoms with van der Waals surface area (Å²) in [5, 5.41) is 8.72. The molecule has 2 fully saturated rings. The molecule has 0 radical (unpaired) electrons. The Morgan fingerprint density at radius 1 is 1.21 bits per heavy atom. The van der Waals surface area contributed by atoms with Crippen LogP contribution < -0.4 is 4.72 Å². The molecular formula is C11H21NO5S2. The topological polar surface area (TPSA) is 101 Å². The third kappa shape index (κ3) is 4.14. The molecule has 3 unspecified atom stereocenters. The van der Waals surface area contributed by atoms with Gasteiger partial charge in [0.2, 0.25) is 10.0 Å². The number of hydrogen-bond donors (Lipinski definition) is 2. The lowest BCUT2D eigenvalue weighted by atomic mass is 9.87. The molecule has 0 spiro atoms. The van der Waals surface area contributed by atoms with Gasteiger partial charge in [-0.25, -0.2) is 21.6 Å². The summed E-state index contributed by atoms with van der Waals surface area (Å²) in [7, 11) is -6.75. The molecule has 0 aromatic rings. The molecule has 0 amide bonds. The van der Waals surface area contributed by atoms with E-state index in [0.29, 0.717) is 13.0 Å². The maximum Gasteiger partial charge on any atom is 0.215 e. The Bertz CT molecular complexity index is 513. The fourth-order valence-corrected chi connectivity index (χ4v) is 6.97. The van der Waals surface area contributed by atoms with E-state index < -0.39 is 25.1 Å². The van der Waals surface area contributed by atoms with Crippen molar-refractivity contribution in [3.05, 3.63) is 0 Å². The van der Waals surface area contributed by atoms with Crippen LogP contribution in [0.2, 0.25) is 0 Å². The minimum Gasteiger partial charge on any atom is -0.393 e. The van der Waals surface area contributed by atoms with Crippen molar-refractivity contribution in [2.45, 2.75) is 43.5 Å². The van der Waals surface area contributed by atoms with E-state index in [2.05, 4.69) is 4.72 Å². The Balaban J connectivity index is 1.88. The van der Waals surface area contributed by atoms with Gasteiger partial charge < -0.3 is 5.11 Å². The van der Waals surface area contributed by atoms with Crippen molar-refractivity contribution in [1.82, 2.24) is 4.72 Å². The van der Waals surface area contributed by atoms with Gasteiger partial charge in [0.1, 0.15) is 0 Å². The molecule has 0 bridgehead atoms. The number of sulfonamides is 1. The van der Waals surface area contributed by atoms with Gasteiger partial charge >= 0.3 is 0 Å². The van der Waals surface area contributed by atoms with Crippen LogP contribution in [0.1, 0.15) is 32.1 Å². The van der Waals surface area contributed by atoms with Crippen molar-refractivity contribution < 1.29 is 21.9 Å². The third-order valence-corrected chi connectivity index (χ3v) is 7.79. The first kappa shape index (κ1) is 15.2. The maximum absolute atomic E-state index is 12.0. The molecule has 1 aliphatic heterocycles. The zero-order valence-corrected chi connectivity index (χ0v) is 12.4. The van der Waals surface area contributed by atoms with Crippen molar-refractivity contribution in [1.29, 1.82) is 0 Å². The second kappa shape index (κ2) is 5.67. The predicted octanol–water partition coefficient (Wildman–Crippen LogP) is -0.356. The molecule has 1 aliphatic carbocycles. The van der Waals surface area contributed by atoms with Gasteiger partial charge in [-0.2, -0.15) is 0 Å². The van der Waals surface area contributed by atoms with E-state index in [1.165, 1.54) is 0 Å². The molecule has 2 aliphatic rings. The molecule has 0 aromatic carbocycles. The van der Waals surface area contributed by atoms with Crippen molar-refractivity contribution >= 4 is 19.9 Å². The highest BCUT2D eigenvalue weighted by atomic mass is 32.2. The molecule has 0 aromatic heterocycles. The van der Waals surface area contributed by atoms with Crippen LogP contribution in [-0.4, -0.2) is 51.3 Å². The molecule has 3 atom stereocenters. The lowest BCUT2D eigenvalue weighted by Crippen LogP contribution is -2.39. The van der Waals surface area contributed by atoms with Crippen molar-refractivity contribution in [2.75, 3.05) is 18.1 Å². The van der Waals surface area contributed by atoms with Crippen LogP contribution in [0.25, 0.3) is 0 Å². The summed E-state index contributed by atoms with van der Waals surface area (Å²) in [6.45, 7) is 0.302. The fraction of sp³-hybridized carbons (Fsp3) is 1.00. The second-order valence-corrected chi connectivity index (χ2v) is 9.88. The normalized spacial score (nSPS) is 35.3. The largest absolute Gasteiger partial charge is 0.393 e. The minimum absolute atomic E-state index is 0.0410. The first-order valence-corrected chi connectivity index (χ1v) is 10.0. The average molecular weight is 311 g/mol. The highest BCUT2D eigenvalue weighted by molar-refractivity contribution is 7.95. The quantitative estimate of drug-likeness (QED) is 0.739. The van der Waals surface area contributed by atoms with Gasteiger partial charge in [-0.15, -0.1) is 0 Å². The van der Waals surface area contributed by atoms with Gasteiger partial charge in [0.25, 0.3) is 0 Å². The van der Waals surface area contributed by atoms with Gasteiger partial charge in [-0.1, -0.05) is 6.42 Å². The van der Waals surface area contributed by atoms with E-state index in [1.807, 2.05) is 0 Å². The molecule has 112 valence electrons. The number of nitrogens with one attached hydrogen (secondary N) is 1. The highest BCUT2D eigenvalue weighted by Gasteiger charge is 2.37. The minimum atomic E-state index is -3.56. The smallest absolute Gasteiger partial charge is 0.215 e. The van der Waals surface area contributed by atoms with Gasteiger partial charge in [0.15, 0.2) is 9.84 Å². The number of aliphatic hydroxyl groups excluding tert-OH is 1. The maximum atomic E-state index is 12.0. The average Bonchev–Trinajstić information content (AvgIpc) is 2.68. The number of aliphatic hydroxyl groups is 1. The summed E-state index contributed by atoms with van der Waals surface area (Å²) in [5.74, 6) is -0.160. The number of rotatable bonds is 4. The van der Waals surface area contributed by atoms with Crippen LogP contribution in [0.3, 0.4) is 0 Å².